The van der Waals surface area contributed by atoms with Gasteiger partial charge in [0.1, 0.15) is 0 Å². The second-order valence-corrected chi connectivity index (χ2v) is 6.16. The molecule has 0 heterocycles. The number of aryl methyl sites for hydroxylation is 1. The molecular formula is C19H22. The molecule has 0 radical (unpaired) electrons. The van der Waals surface area contributed by atoms with E-state index in [-0.39, 0.29) is 5.41 Å². The van der Waals surface area contributed by atoms with Crippen LogP contribution < -0.4 is 0 Å². The molecule has 0 spiro atoms. The molecule has 98 valence electrons. The van der Waals surface area contributed by atoms with Gasteiger partial charge in [-0.3, -0.25) is 0 Å². The summed E-state index contributed by atoms with van der Waals surface area (Å²) in [4.78, 5) is 0. The molecular weight excluding hydrogens is 228 g/mol. The number of rotatable bonds is 2. The van der Waals surface area contributed by atoms with Gasteiger partial charge in [-0.15, -0.1) is 0 Å². The van der Waals surface area contributed by atoms with Gasteiger partial charge in [0.15, 0.2) is 0 Å². The van der Waals surface area contributed by atoms with Crippen LogP contribution in [0.3, 0.4) is 0 Å². The van der Waals surface area contributed by atoms with Crippen molar-refractivity contribution in [2.75, 3.05) is 0 Å². The largest absolute Gasteiger partial charge is 0.0707 e. The third-order valence-electron chi connectivity index (χ3n) is 3.02. The first-order valence-corrected chi connectivity index (χ1v) is 6.81. The summed E-state index contributed by atoms with van der Waals surface area (Å²) in [7, 11) is 0. The highest BCUT2D eigenvalue weighted by Crippen LogP contribution is 2.29. The summed E-state index contributed by atoms with van der Waals surface area (Å²) in [5.74, 6) is 0. The second kappa shape index (κ2) is 5.44. The van der Waals surface area contributed by atoms with Crippen LogP contribution >= 0.6 is 0 Å². The molecule has 0 aromatic heterocycles. The maximum absolute atomic E-state index is 2.35. The van der Waals surface area contributed by atoms with Crippen molar-refractivity contribution in [2.24, 2.45) is 5.41 Å². The molecule has 0 N–H and O–H groups in total. The quantitative estimate of drug-likeness (QED) is 0.662. The van der Waals surface area contributed by atoms with Gasteiger partial charge in [0.25, 0.3) is 0 Å². The molecule has 0 aliphatic rings. The van der Waals surface area contributed by atoms with E-state index < -0.39 is 0 Å². The molecule has 0 saturated heterocycles. The molecule has 0 unspecified atom stereocenters. The summed E-state index contributed by atoms with van der Waals surface area (Å²) in [5, 5.41) is 0. The molecule has 2 aromatic carbocycles. The molecule has 2 aromatic rings. The standard InChI is InChI=1S/C19H22/c1-15-10-12-17(13-11-15)18(14-19(2,3)4)16-8-6-5-7-9-16/h5-14H,1-4H3/b18-14-. The minimum Gasteiger partial charge on any atom is -0.0707 e. The maximum atomic E-state index is 2.35. The van der Waals surface area contributed by atoms with Gasteiger partial charge in [0.2, 0.25) is 0 Å². The maximum Gasteiger partial charge on any atom is -0.0146 e. The Balaban J connectivity index is 2.53. The lowest BCUT2D eigenvalue weighted by Gasteiger charge is -2.17. The van der Waals surface area contributed by atoms with E-state index in [1.807, 2.05) is 0 Å². The summed E-state index contributed by atoms with van der Waals surface area (Å²) >= 11 is 0. The molecule has 0 amide bonds. The Morgan fingerprint density at radius 2 is 1.32 bits per heavy atom. The molecule has 2 rings (SSSR count). The van der Waals surface area contributed by atoms with Gasteiger partial charge in [-0.05, 0) is 29.0 Å². The normalized spacial score (nSPS) is 12.5. The topological polar surface area (TPSA) is 0 Å². The molecule has 0 atom stereocenters. The molecule has 0 aliphatic carbocycles. The molecule has 0 nitrogen and oxygen atoms in total. The summed E-state index contributed by atoms with van der Waals surface area (Å²) in [6, 6.07) is 19.4. The number of hydrogen-bond acceptors (Lipinski definition) is 0. The van der Waals surface area contributed by atoms with E-state index in [1.54, 1.807) is 0 Å². The molecule has 0 saturated carbocycles. The lowest BCUT2D eigenvalue weighted by molar-refractivity contribution is 0.546. The van der Waals surface area contributed by atoms with E-state index in [2.05, 4.69) is 88.4 Å². The van der Waals surface area contributed by atoms with Gasteiger partial charge in [-0.2, -0.15) is 0 Å². The first-order valence-electron chi connectivity index (χ1n) is 6.81. The van der Waals surface area contributed by atoms with Crippen LogP contribution in [0.2, 0.25) is 0 Å². The SMILES string of the molecule is Cc1ccc(/C(=C\C(C)(C)C)c2ccccc2)cc1. The van der Waals surface area contributed by atoms with Crippen molar-refractivity contribution in [3.05, 3.63) is 77.4 Å². The predicted molar refractivity (Wildman–Crippen MR) is 84.2 cm³/mol. The van der Waals surface area contributed by atoms with Crippen LogP contribution in [-0.4, -0.2) is 0 Å². The van der Waals surface area contributed by atoms with E-state index in [4.69, 9.17) is 0 Å². The van der Waals surface area contributed by atoms with Gasteiger partial charge in [-0.25, -0.2) is 0 Å². The van der Waals surface area contributed by atoms with Crippen molar-refractivity contribution in [3.63, 3.8) is 0 Å². The van der Waals surface area contributed by atoms with Crippen molar-refractivity contribution in [1.29, 1.82) is 0 Å². The van der Waals surface area contributed by atoms with E-state index in [9.17, 15) is 0 Å². The Hall–Kier alpha value is -1.82. The monoisotopic (exact) mass is 250 g/mol. The van der Waals surface area contributed by atoms with Gasteiger partial charge >= 0.3 is 0 Å². The molecule has 0 heteroatoms. The van der Waals surface area contributed by atoms with Crippen LogP contribution in [0.1, 0.15) is 37.5 Å². The van der Waals surface area contributed by atoms with Crippen molar-refractivity contribution in [2.45, 2.75) is 27.7 Å². The number of hydrogen-bond donors (Lipinski definition) is 0. The van der Waals surface area contributed by atoms with E-state index in [1.165, 1.54) is 22.3 Å². The van der Waals surface area contributed by atoms with Crippen LogP contribution in [0, 0.1) is 12.3 Å². The highest BCUT2D eigenvalue weighted by atomic mass is 14.2. The Morgan fingerprint density at radius 1 is 0.789 bits per heavy atom. The van der Waals surface area contributed by atoms with Crippen LogP contribution in [0.4, 0.5) is 0 Å². The van der Waals surface area contributed by atoms with Gasteiger partial charge in [0.05, 0.1) is 0 Å². The molecule has 19 heavy (non-hydrogen) atoms. The minimum absolute atomic E-state index is 0.163. The first-order chi connectivity index (χ1) is 8.96. The third-order valence-corrected chi connectivity index (χ3v) is 3.02. The lowest BCUT2D eigenvalue weighted by atomic mass is 9.87. The zero-order valence-corrected chi connectivity index (χ0v) is 12.3. The summed E-state index contributed by atoms with van der Waals surface area (Å²) in [6.07, 6.45) is 2.35. The molecule has 0 fully saturated rings. The third kappa shape index (κ3) is 3.82. The van der Waals surface area contributed by atoms with Crippen LogP contribution in [0.25, 0.3) is 5.57 Å². The van der Waals surface area contributed by atoms with Crippen molar-refractivity contribution in [1.82, 2.24) is 0 Å². The van der Waals surface area contributed by atoms with E-state index in [0.29, 0.717) is 0 Å². The van der Waals surface area contributed by atoms with Crippen molar-refractivity contribution < 1.29 is 0 Å². The van der Waals surface area contributed by atoms with Gasteiger partial charge < -0.3 is 0 Å². The fourth-order valence-corrected chi connectivity index (χ4v) is 2.12. The Kier molecular flexibility index (Phi) is 3.90. The predicted octanol–water partition coefficient (Wildman–Crippen LogP) is 5.47. The zero-order valence-electron chi connectivity index (χ0n) is 12.3. The highest BCUT2D eigenvalue weighted by Gasteiger charge is 2.11. The summed E-state index contributed by atoms with van der Waals surface area (Å²) in [6.45, 7) is 8.85. The van der Waals surface area contributed by atoms with Crippen LogP contribution in [-0.2, 0) is 0 Å². The van der Waals surface area contributed by atoms with Gasteiger partial charge in [0, 0.05) is 0 Å². The number of allylic oxidation sites excluding steroid dienone is 1. The Morgan fingerprint density at radius 3 is 1.84 bits per heavy atom. The number of benzene rings is 2. The van der Waals surface area contributed by atoms with Crippen LogP contribution in [0.5, 0.6) is 0 Å². The minimum atomic E-state index is 0.163. The van der Waals surface area contributed by atoms with Crippen molar-refractivity contribution in [3.8, 4) is 0 Å². The summed E-state index contributed by atoms with van der Waals surface area (Å²) < 4.78 is 0. The fraction of sp³-hybridized carbons (Fsp3) is 0.263. The van der Waals surface area contributed by atoms with E-state index >= 15 is 0 Å². The first kappa shape index (κ1) is 13.6. The van der Waals surface area contributed by atoms with E-state index in [0.717, 1.165) is 0 Å². The molecule has 0 bridgehead atoms. The van der Waals surface area contributed by atoms with Crippen molar-refractivity contribution >= 4 is 5.57 Å². The zero-order chi connectivity index (χ0) is 13.9. The lowest BCUT2D eigenvalue weighted by Crippen LogP contribution is -2.02. The molecule has 0 aliphatic heterocycles. The summed E-state index contributed by atoms with van der Waals surface area (Å²) in [5.41, 5.74) is 5.34. The van der Waals surface area contributed by atoms with Gasteiger partial charge in [-0.1, -0.05) is 87.0 Å². The average molecular weight is 250 g/mol. The fourth-order valence-electron chi connectivity index (χ4n) is 2.12. The smallest absolute Gasteiger partial charge is 0.0146 e. The Bertz CT molecular complexity index is 551. The van der Waals surface area contributed by atoms with Crippen LogP contribution in [0.15, 0.2) is 60.7 Å². The second-order valence-electron chi connectivity index (χ2n) is 6.16. The highest BCUT2D eigenvalue weighted by molar-refractivity contribution is 5.80. The Labute approximate surface area is 116 Å². The average Bonchev–Trinajstić information content (AvgIpc) is 2.37.